The zero-order valence-corrected chi connectivity index (χ0v) is 14.8. The van der Waals surface area contributed by atoms with Crippen LogP contribution in [0.3, 0.4) is 0 Å². The van der Waals surface area contributed by atoms with Crippen LogP contribution < -0.4 is 9.47 Å². The van der Waals surface area contributed by atoms with Crippen LogP contribution in [-0.4, -0.2) is 12.9 Å². The minimum Gasteiger partial charge on any atom is -0.491 e. The maximum absolute atomic E-state index is 13.0. The molecule has 25 heavy (non-hydrogen) atoms. The molecular formula is C18H14BrF3O3. The smallest absolute Gasteiger partial charge is 0.417 e. The second-order valence-corrected chi connectivity index (χ2v) is 6.68. The predicted octanol–water partition coefficient (Wildman–Crippen LogP) is 5.36. The Morgan fingerprint density at radius 3 is 2.80 bits per heavy atom. The Balaban J connectivity index is 1.87. The molecular weight excluding hydrogens is 401 g/mol. The highest BCUT2D eigenvalue weighted by Gasteiger charge is 2.34. The molecule has 132 valence electrons. The van der Waals surface area contributed by atoms with Gasteiger partial charge >= 0.3 is 6.18 Å². The molecule has 1 unspecified atom stereocenters. The largest absolute Gasteiger partial charge is 0.491 e. The van der Waals surface area contributed by atoms with Crippen LogP contribution >= 0.6 is 15.9 Å². The van der Waals surface area contributed by atoms with E-state index in [1.807, 2.05) is 13.0 Å². The number of aldehydes is 1. The molecule has 0 aliphatic carbocycles. The first-order valence-corrected chi connectivity index (χ1v) is 8.34. The van der Waals surface area contributed by atoms with E-state index >= 15 is 0 Å². The molecule has 0 aromatic heterocycles. The molecule has 1 aliphatic heterocycles. The third-order valence-electron chi connectivity index (χ3n) is 4.02. The third-order valence-corrected chi connectivity index (χ3v) is 4.61. The molecule has 2 aromatic rings. The summed E-state index contributed by atoms with van der Waals surface area (Å²) in [6.45, 7) is 2.65. The van der Waals surface area contributed by atoms with Gasteiger partial charge in [0.15, 0.2) is 6.29 Å². The third kappa shape index (κ3) is 3.51. The van der Waals surface area contributed by atoms with Crippen molar-refractivity contribution in [2.45, 2.75) is 25.6 Å². The van der Waals surface area contributed by atoms with Crippen LogP contribution in [0.25, 0.3) is 0 Å². The summed E-state index contributed by atoms with van der Waals surface area (Å²) in [5.74, 6) is 0.917. The lowest BCUT2D eigenvalue weighted by Crippen LogP contribution is -2.10. The molecule has 0 N–H and O–H groups in total. The van der Waals surface area contributed by atoms with Gasteiger partial charge in [-0.2, -0.15) is 13.2 Å². The lowest BCUT2D eigenvalue weighted by Gasteiger charge is -2.14. The zero-order valence-electron chi connectivity index (χ0n) is 13.2. The number of carbonyl (C=O) groups is 1. The van der Waals surface area contributed by atoms with Gasteiger partial charge in [-0.1, -0.05) is 13.0 Å². The monoisotopic (exact) mass is 414 g/mol. The fourth-order valence-electron chi connectivity index (χ4n) is 2.77. The molecule has 7 heteroatoms. The van der Waals surface area contributed by atoms with E-state index in [-0.39, 0.29) is 24.6 Å². The van der Waals surface area contributed by atoms with Crippen LogP contribution in [-0.2, 0) is 12.8 Å². The number of fused-ring (bicyclic) bond motifs is 1. The highest BCUT2D eigenvalue weighted by atomic mass is 79.9. The summed E-state index contributed by atoms with van der Waals surface area (Å²) in [5, 5.41) is 0. The van der Waals surface area contributed by atoms with E-state index in [2.05, 4.69) is 15.9 Å². The Bertz CT molecular complexity index is 818. The first-order valence-electron chi connectivity index (χ1n) is 7.54. The molecule has 0 saturated heterocycles. The molecule has 3 rings (SSSR count). The van der Waals surface area contributed by atoms with Crippen molar-refractivity contribution in [3.05, 3.63) is 57.1 Å². The Kier molecular flexibility index (Phi) is 4.77. The van der Waals surface area contributed by atoms with Gasteiger partial charge in [0, 0.05) is 11.5 Å². The van der Waals surface area contributed by atoms with Gasteiger partial charge in [0.05, 0.1) is 22.2 Å². The van der Waals surface area contributed by atoms with Gasteiger partial charge in [-0.25, -0.2) is 0 Å². The number of hydrogen-bond acceptors (Lipinski definition) is 3. The van der Waals surface area contributed by atoms with Crippen molar-refractivity contribution >= 4 is 22.2 Å². The van der Waals surface area contributed by atoms with Crippen LogP contribution in [0.2, 0.25) is 0 Å². The summed E-state index contributed by atoms with van der Waals surface area (Å²) in [6.07, 6.45) is -4.44. The number of carbonyl (C=O) groups excluding carboxylic acids is 1. The van der Waals surface area contributed by atoms with E-state index < -0.39 is 17.3 Å². The Morgan fingerprint density at radius 2 is 2.12 bits per heavy atom. The molecule has 0 spiro atoms. The van der Waals surface area contributed by atoms with Crippen molar-refractivity contribution in [1.82, 2.24) is 0 Å². The van der Waals surface area contributed by atoms with Crippen molar-refractivity contribution in [2.75, 3.05) is 6.61 Å². The quantitative estimate of drug-likeness (QED) is 0.632. The fourth-order valence-corrected chi connectivity index (χ4v) is 3.41. The summed E-state index contributed by atoms with van der Waals surface area (Å²) in [5.41, 5.74) is 0.300. The number of rotatable bonds is 4. The first-order chi connectivity index (χ1) is 11.8. The van der Waals surface area contributed by atoms with E-state index in [1.54, 1.807) is 6.07 Å². The Morgan fingerprint density at radius 1 is 1.36 bits per heavy atom. The average Bonchev–Trinajstić information content (AvgIpc) is 2.93. The highest BCUT2D eigenvalue weighted by molar-refractivity contribution is 9.10. The van der Waals surface area contributed by atoms with E-state index in [0.717, 1.165) is 27.4 Å². The molecule has 0 radical (unpaired) electrons. The fraction of sp³-hybridized carbons (Fsp3) is 0.278. The summed E-state index contributed by atoms with van der Waals surface area (Å²) < 4.78 is 50.8. The molecule has 0 saturated carbocycles. The molecule has 0 fully saturated rings. The summed E-state index contributed by atoms with van der Waals surface area (Å²) >= 11 is 3.43. The van der Waals surface area contributed by atoms with Gasteiger partial charge in [-0.15, -0.1) is 0 Å². The molecule has 0 bridgehead atoms. The lowest BCUT2D eigenvalue weighted by atomic mass is 10.0. The molecule has 3 nitrogen and oxygen atoms in total. The number of hydrogen-bond donors (Lipinski definition) is 0. The van der Waals surface area contributed by atoms with E-state index in [1.165, 1.54) is 12.1 Å². The van der Waals surface area contributed by atoms with Gasteiger partial charge in [0.25, 0.3) is 0 Å². The van der Waals surface area contributed by atoms with Crippen molar-refractivity contribution in [1.29, 1.82) is 0 Å². The number of ether oxygens (including phenoxy) is 2. The maximum Gasteiger partial charge on any atom is 0.417 e. The summed E-state index contributed by atoms with van der Waals surface area (Å²) in [7, 11) is 0. The topological polar surface area (TPSA) is 35.5 Å². The first kappa shape index (κ1) is 17.8. The Hall–Kier alpha value is -2.02. The van der Waals surface area contributed by atoms with E-state index in [0.29, 0.717) is 6.61 Å². The highest BCUT2D eigenvalue weighted by Crippen LogP contribution is 2.41. The van der Waals surface area contributed by atoms with Gasteiger partial charge in [0.1, 0.15) is 18.1 Å². The molecule has 2 aromatic carbocycles. The second kappa shape index (κ2) is 6.71. The van der Waals surface area contributed by atoms with E-state index in [9.17, 15) is 18.0 Å². The van der Waals surface area contributed by atoms with Gasteiger partial charge in [-0.05, 0) is 45.8 Å². The van der Waals surface area contributed by atoms with Crippen molar-refractivity contribution < 1.29 is 27.4 Å². The number of benzene rings is 2. The van der Waals surface area contributed by atoms with Crippen molar-refractivity contribution in [3.8, 4) is 11.5 Å². The standard InChI is InChI=1S/C18H14BrF3O3/c1-10-8-25-17-12(10)5-11(6-15(17)19)9-24-16-4-2-3-14(13(16)7-23)18(20,21)22/h2-7,10H,8-9H2,1H3. The SMILES string of the molecule is CC1COc2c(Br)cc(COc3cccc(C(F)(F)F)c3C=O)cc21. The number of halogens is 4. The van der Waals surface area contributed by atoms with Gasteiger partial charge in [-0.3, -0.25) is 4.79 Å². The van der Waals surface area contributed by atoms with Crippen molar-refractivity contribution in [3.63, 3.8) is 0 Å². The van der Waals surface area contributed by atoms with Crippen LogP contribution in [0, 0.1) is 0 Å². The van der Waals surface area contributed by atoms with Gasteiger partial charge < -0.3 is 9.47 Å². The van der Waals surface area contributed by atoms with Crippen molar-refractivity contribution in [2.24, 2.45) is 0 Å². The average molecular weight is 415 g/mol. The van der Waals surface area contributed by atoms with Crippen LogP contribution in [0.5, 0.6) is 11.5 Å². The Labute approximate surface area is 150 Å². The normalized spacial score (nSPS) is 16.3. The number of alkyl halides is 3. The van der Waals surface area contributed by atoms with Crippen LogP contribution in [0.4, 0.5) is 13.2 Å². The van der Waals surface area contributed by atoms with E-state index in [4.69, 9.17) is 9.47 Å². The minimum atomic E-state index is -4.61. The minimum absolute atomic E-state index is 0.0424. The molecule has 1 heterocycles. The molecule has 1 atom stereocenters. The summed E-state index contributed by atoms with van der Waals surface area (Å²) in [6, 6.07) is 7.14. The zero-order chi connectivity index (χ0) is 18.2. The van der Waals surface area contributed by atoms with Gasteiger partial charge in [0.2, 0.25) is 0 Å². The maximum atomic E-state index is 13.0. The lowest BCUT2D eigenvalue weighted by molar-refractivity contribution is -0.138. The predicted molar refractivity (Wildman–Crippen MR) is 89.2 cm³/mol. The molecule has 0 amide bonds. The molecule has 1 aliphatic rings. The van der Waals surface area contributed by atoms with Crippen LogP contribution in [0.1, 0.15) is 39.9 Å². The summed E-state index contributed by atoms with van der Waals surface area (Å²) in [4.78, 5) is 11.2. The van der Waals surface area contributed by atoms with Crippen LogP contribution in [0.15, 0.2) is 34.8 Å². The second-order valence-electron chi connectivity index (χ2n) is 5.83.